The van der Waals surface area contributed by atoms with Crippen LogP contribution >= 0.6 is 0 Å². The van der Waals surface area contributed by atoms with Crippen LogP contribution in [0.15, 0.2) is 35.4 Å². The topological polar surface area (TPSA) is 112 Å². The van der Waals surface area contributed by atoms with E-state index < -0.39 is 6.10 Å². The van der Waals surface area contributed by atoms with Crippen molar-refractivity contribution in [2.75, 3.05) is 5.73 Å². The van der Waals surface area contributed by atoms with Gasteiger partial charge in [-0.05, 0) is 50.6 Å². The van der Waals surface area contributed by atoms with Crippen molar-refractivity contribution < 1.29 is 5.11 Å². The molecule has 3 N–H and O–H groups in total. The average Bonchev–Trinajstić information content (AvgIpc) is 3.05. The lowest BCUT2D eigenvalue weighted by Crippen LogP contribution is -2.27. The Morgan fingerprint density at radius 2 is 1.97 bits per heavy atom. The van der Waals surface area contributed by atoms with Crippen LogP contribution in [0.25, 0.3) is 21.8 Å². The van der Waals surface area contributed by atoms with Gasteiger partial charge in [0, 0.05) is 11.7 Å². The molecule has 1 aromatic carbocycles. The van der Waals surface area contributed by atoms with Crippen molar-refractivity contribution in [3.05, 3.63) is 57.9 Å². The van der Waals surface area contributed by atoms with Crippen molar-refractivity contribution in [1.82, 2.24) is 24.3 Å². The molecule has 4 rings (SSSR count). The highest BCUT2D eigenvalue weighted by Crippen LogP contribution is 2.23. The average molecular weight is 416 g/mol. The molecule has 8 heteroatoms. The van der Waals surface area contributed by atoms with Gasteiger partial charge in [-0.25, -0.2) is 14.6 Å². The van der Waals surface area contributed by atoms with Crippen molar-refractivity contribution in [1.29, 1.82) is 0 Å². The number of nitrogens with two attached hydrogens (primary N) is 1. The molecule has 0 aliphatic carbocycles. The fourth-order valence-corrected chi connectivity index (χ4v) is 3.85. The molecule has 3 heterocycles. The van der Waals surface area contributed by atoms with Crippen LogP contribution in [0.1, 0.15) is 43.8 Å². The van der Waals surface area contributed by atoms with E-state index in [4.69, 9.17) is 5.73 Å². The minimum atomic E-state index is -0.805. The minimum absolute atomic E-state index is 0.0275. The number of aryl methyl sites for hydroxylation is 1. The number of anilines is 1. The second kappa shape index (κ2) is 7.85. The lowest BCUT2D eigenvalue weighted by molar-refractivity contribution is 0.253. The molecule has 0 aliphatic heterocycles. The molecule has 3 aromatic heterocycles. The first kappa shape index (κ1) is 20.6. The number of nitrogen functional groups attached to an aromatic ring is 1. The van der Waals surface area contributed by atoms with Gasteiger partial charge in [0.25, 0.3) is 5.56 Å². The number of nitrogens with zero attached hydrogens (tertiary/aromatic N) is 5. The Bertz CT molecular complexity index is 1420. The summed E-state index contributed by atoms with van der Waals surface area (Å²) in [6.45, 7) is 7.79. The zero-order valence-electron chi connectivity index (χ0n) is 17.9. The second-order valence-corrected chi connectivity index (χ2v) is 7.85. The first-order valence-corrected chi connectivity index (χ1v) is 10.1. The molecule has 0 amide bonds. The summed E-state index contributed by atoms with van der Waals surface area (Å²) < 4.78 is 3.46. The summed E-state index contributed by atoms with van der Waals surface area (Å²) in [4.78, 5) is 21.7. The Kier molecular flexibility index (Phi) is 5.21. The SMILES string of the molecule is Cc1cccc2cc(Cn3nc(C#CC(C)O)c4c(N)ncnc43)n(C(C)C)c(=O)c12. The lowest BCUT2D eigenvalue weighted by Gasteiger charge is -2.18. The fraction of sp³-hybridized carbons (Fsp3) is 0.304. The zero-order valence-corrected chi connectivity index (χ0v) is 17.9. The third kappa shape index (κ3) is 3.64. The highest BCUT2D eigenvalue weighted by molar-refractivity contribution is 5.90. The van der Waals surface area contributed by atoms with Crippen molar-refractivity contribution in [3.63, 3.8) is 0 Å². The Morgan fingerprint density at radius 1 is 1.19 bits per heavy atom. The molecule has 1 atom stereocenters. The molecule has 0 spiro atoms. The van der Waals surface area contributed by atoms with E-state index in [1.54, 1.807) is 16.2 Å². The van der Waals surface area contributed by atoms with Gasteiger partial charge in [0.05, 0.1) is 17.3 Å². The monoisotopic (exact) mass is 416 g/mol. The van der Waals surface area contributed by atoms with E-state index in [1.165, 1.54) is 6.33 Å². The number of aliphatic hydroxyl groups is 1. The molecule has 0 bridgehead atoms. The highest BCUT2D eigenvalue weighted by Gasteiger charge is 2.18. The largest absolute Gasteiger partial charge is 0.383 e. The second-order valence-electron chi connectivity index (χ2n) is 7.85. The fourth-order valence-electron chi connectivity index (χ4n) is 3.85. The molecule has 0 fully saturated rings. The number of hydrogen-bond donors (Lipinski definition) is 2. The Hall–Kier alpha value is -3.70. The maximum atomic E-state index is 13.3. The number of hydrogen-bond acceptors (Lipinski definition) is 6. The van der Waals surface area contributed by atoms with E-state index in [2.05, 4.69) is 26.9 Å². The number of aromatic nitrogens is 5. The number of aliphatic hydroxyl groups excluding tert-OH is 1. The van der Waals surface area contributed by atoms with E-state index in [0.29, 0.717) is 23.3 Å². The molecule has 0 saturated carbocycles. The molecule has 31 heavy (non-hydrogen) atoms. The summed E-state index contributed by atoms with van der Waals surface area (Å²) in [6.07, 6.45) is 0.571. The highest BCUT2D eigenvalue weighted by atomic mass is 16.3. The number of pyridine rings is 1. The van der Waals surface area contributed by atoms with Crippen molar-refractivity contribution in [3.8, 4) is 11.8 Å². The Balaban J connectivity index is 1.95. The molecule has 0 radical (unpaired) electrons. The van der Waals surface area contributed by atoms with Gasteiger partial charge in [-0.15, -0.1) is 0 Å². The standard InChI is InChI=1S/C23H24N6O2/c1-13(2)29-17(10-16-7-5-6-14(3)19(16)23(29)31)11-28-22-20(21(24)25-12-26-22)18(27-28)9-8-15(4)30/h5-7,10,12-13,15,30H,11H2,1-4H3,(H2,24,25,26). The van der Waals surface area contributed by atoms with Gasteiger partial charge >= 0.3 is 0 Å². The van der Waals surface area contributed by atoms with Crippen molar-refractivity contribution in [2.24, 2.45) is 0 Å². The Labute approximate surface area is 179 Å². The van der Waals surface area contributed by atoms with Crippen LogP contribution in [0.5, 0.6) is 0 Å². The molecular formula is C23H24N6O2. The number of fused-ring (bicyclic) bond motifs is 2. The molecular weight excluding hydrogens is 392 g/mol. The van der Waals surface area contributed by atoms with Gasteiger partial charge < -0.3 is 15.4 Å². The maximum absolute atomic E-state index is 13.3. The normalized spacial score (nSPS) is 12.3. The third-order valence-electron chi connectivity index (χ3n) is 5.16. The summed E-state index contributed by atoms with van der Waals surface area (Å²) in [7, 11) is 0. The van der Waals surface area contributed by atoms with E-state index in [9.17, 15) is 9.90 Å². The summed E-state index contributed by atoms with van der Waals surface area (Å²) in [5, 5.41) is 16.3. The van der Waals surface area contributed by atoms with E-state index in [-0.39, 0.29) is 17.4 Å². The quantitative estimate of drug-likeness (QED) is 0.496. The molecule has 158 valence electrons. The summed E-state index contributed by atoms with van der Waals surface area (Å²) in [5.41, 5.74) is 8.71. The first-order chi connectivity index (χ1) is 14.8. The van der Waals surface area contributed by atoms with Crippen LogP contribution in [0, 0.1) is 18.8 Å². The van der Waals surface area contributed by atoms with Gasteiger partial charge in [-0.3, -0.25) is 4.79 Å². The third-order valence-corrected chi connectivity index (χ3v) is 5.16. The number of benzene rings is 1. The van der Waals surface area contributed by atoms with Gasteiger partial charge in [-0.2, -0.15) is 5.10 Å². The predicted octanol–water partition coefficient (Wildman–Crippen LogP) is 2.39. The molecule has 8 nitrogen and oxygen atoms in total. The molecule has 1 unspecified atom stereocenters. The van der Waals surface area contributed by atoms with Crippen molar-refractivity contribution in [2.45, 2.75) is 46.4 Å². The summed E-state index contributed by atoms with van der Waals surface area (Å²) >= 11 is 0. The van der Waals surface area contributed by atoms with Crippen LogP contribution < -0.4 is 11.3 Å². The smallest absolute Gasteiger partial charge is 0.259 e. The van der Waals surface area contributed by atoms with Gasteiger partial charge in [0.15, 0.2) is 5.65 Å². The van der Waals surface area contributed by atoms with Gasteiger partial charge in [0.2, 0.25) is 0 Å². The predicted molar refractivity (Wildman–Crippen MR) is 121 cm³/mol. The molecule has 0 aliphatic rings. The summed E-state index contributed by atoms with van der Waals surface area (Å²) in [5.74, 6) is 5.82. The maximum Gasteiger partial charge on any atom is 0.259 e. The molecule has 0 saturated heterocycles. The van der Waals surface area contributed by atoms with Gasteiger partial charge in [-0.1, -0.05) is 24.1 Å². The van der Waals surface area contributed by atoms with E-state index in [0.717, 1.165) is 22.0 Å². The van der Waals surface area contributed by atoms with Crippen LogP contribution in [0.2, 0.25) is 0 Å². The summed E-state index contributed by atoms with van der Waals surface area (Å²) in [6, 6.07) is 7.81. The molecule has 4 aromatic rings. The van der Waals surface area contributed by atoms with Gasteiger partial charge in [0.1, 0.15) is 23.9 Å². The van der Waals surface area contributed by atoms with Crippen LogP contribution in [0.3, 0.4) is 0 Å². The first-order valence-electron chi connectivity index (χ1n) is 10.1. The van der Waals surface area contributed by atoms with Crippen LogP contribution in [-0.2, 0) is 6.54 Å². The minimum Gasteiger partial charge on any atom is -0.383 e. The zero-order chi connectivity index (χ0) is 22.3. The van der Waals surface area contributed by atoms with Crippen LogP contribution in [-0.4, -0.2) is 35.5 Å². The Morgan fingerprint density at radius 3 is 2.68 bits per heavy atom. The van der Waals surface area contributed by atoms with E-state index >= 15 is 0 Å². The van der Waals surface area contributed by atoms with Crippen LogP contribution in [0.4, 0.5) is 5.82 Å². The lowest BCUT2D eigenvalue weighted by atomic mass is 10.1. The van der Waals surface area contributed by atoms with E-state index in [1.807, 2.05) is 45.0 Å². The van der Waals surface area contributed by atoms with Crippen molar-refractivity contribution >= 4 is 27.6 Å². The number of rotatable bonds is 3.